The van der Waals surface area contributed by atoms with Gasteiger partial charge in [0.1, 0.15) is 0 Å². The first-order valence-electron chi connectivity index (χ1n) is 12.7. The minimum atomic E-state index is -0.0504. The summed E-state index contributed by atoms with van der Waals surface area (Å²) in [6.07, 6.45) is 0.822. The Kier molecular flexibility index (Phi) is 8.51. The highest BCUT2D eigenvalue weighted by Crippen LogP contribution is 2.22. The SMILES string of the molecule is Cc1cc(C)c(CCNC(=O)c2cccc(-c3ccc(CNCc4cccc(C#N)c4)cc3)c2)c(C)c1. The van der Waals surface area contributed by atoms with Crippen molar-refractivity contribution in [3.05, 3.63) is 129 Å². The third-order valence-corrected chi connectivity index (χ3v) is 6.63. The molecule has 0 atom stereocenters. The van der Waals surface area contributed by atoms with E-state index in [9.17, 15) is 4.79 Å². The van der Waals surface area contributed by atoms with Crippen molar-refractivity contribution in [2.45, 2.75) is 40.3 Å². The Labute approximate surface area is 220 Å². The van der Waals surface area contributed by atoms with Crippen molar-refractivity contribution in [3.8, 4) is 17.2 Å². The number of aryl methyl sites for hydroxylation is 3. The lowest BCUT2D eigenvalue weighted by Crippen LogP contribution is -2.26. The van der Waals surface area contributed by atoms with Crippen LogP contribution in [0.15, 0.2) is 84.9 Å². The monoisotopic (exact) mass is 487 g/mol. The highest BCUT2D eigenvalue weighted by Gasteiger charge is 2.09. The predicted octanol–water partition coefficient (Wildman–Crippen LogP) is 6.41. The number of benzene rings is 4. The first kappa shape index (κ1) is 25.9. The number of rotatable bonds is 9. The molecule has 0 radical (unpaired) electrons. The molecular formula is C33H33N3O. The van der Waals surface area contributed by atoms with Gasteiger partial charge in [0.2, 0.25) is 0 Å². The molecule has 0 saturated carbocycles. The zero-order chi connectivity index (χ0) is 26.2. The molecule has 0 aliphatic heterocycles. The van der Waals surface area contributed by atoms with Crippen LogP contribution < -0.4 is 10.6 Å². The maximum absolute atomic E-state index is 12.8. The van der Waals surface area contributed by atoms with Gasteiger partial charge in [-0.2, -0.15) is 5.26 Å². The minimum absolute atomic E-state index is 0.0504. The molecule has 0 spiro atoms. The van der Waals surface area contributed by atoms with Gasteiger partial charge in [0.15, 0.2) is 0 Å². The predicted molar refractivity (Wildman–Crippen MR) is 150 cm³/mol. The second-order valence-electron chi connectivity index (χ2n) is 9.58. The normalized spacial score (nSPS) is 10.6. The van der Waals surface area contributed by atoms with Crippen LogP contribution in [-0.4, -0.2) is 12.5 Å². The standard InChI is InChI=1S/C33H33N3O/c1-23-16-24(2)32(25(3)17-23)14-15-36-33(37)31-9-5-8-30(19-31)29-12-10-26(11-13-29)21-35-22-28-7-4-6-27(18-28)20-34/h4-13,16-19,35H,14-15,21-22H2,1-3H3,(H,36,37). The van der Waals surface area contributed by atoms with Crippen LogP contribution >= 0.6 is 0 Å². The zero-order valence-electron chi connectivity index (χ0n) is 21.8. The van der Waals surface area contributed by atoms with Crippen LogP contribution in [0.25, 0.3) is 11.1 Å². The summed E-state index contributed by atoms with van der Waals surface area (Å²) < 4.78 is 0. The summed E-state index contributed by atoms with van der Waals surface area (Å²) in [5.74, 6) is -0.0504. The zero-order valence-corrected chi connectivity index (χ0v) is 21.8. The van der Waals surface area contributed by atoms with Crippen molar-refractivity contribution < 1.29 is 4.79 Å². The Morgan fingerprint density at radius 2 is 1.49 bits per heavy atom. The number of amides is 1. The third-order valence-electron chi connectivity index (χ3n) is 6.63. The molecule has 0 bridgehead atoms. The lowest BCUT2D eigenvalue weighted by Gasteiger charge is -2.12. The molecule has 0 saturated heterocycles. The first-order valence-corrected chi connectivity index (χ1v) is 12.7. The van der Waals surface area contributed by atoms with Crippen LogP contribution in [0.2, 0.25) is 0 Å². The van der Waals surface area contributed by atoms with Crippen molar-refractivity contribution >= 4 is 5.91 Å². The fourth-order valence-electron chi connectivity index (χ4n) is 4.76. The molecule has 0 fully saturated rings. The van der Waals surface area contributed by atoms with E-state index < -0.39 is 0 Å². The molecule has 0 aliphatic rings. The van der Waals surface area contributed by atoms with E-state index in [4.69, 9.17) is 5.26 Å². The van der Waals surface area contributed by atoms with Gasteiger partial charge in [-0.25, -0.2) is 0 Å². The largest absolute Gasteiger partial charge is 0.352 e. The van der Waals surface area contributed by atoms with E-state index in [1.54, 1.807) is 0 Å². The molecule has 0 aromatic heterocycles. The highest BCUT2D eigenvalue weighted by atomic mass is 16.1. The van der Waals surface area contributed by atoms with Crippen LogP contribution in [0.4, 0.5) is 0 Å². The molecule has 186 valence electrons. The van der Waals surface area contributed by atoms with E-state index >= 15 is 0 Å². The average molecular weight is 488 g/mol. The summed E-state index contributed by atoms with van der Waals surface area (Å²) in [6, 6.07) is 30.4. The number of nitriles is 1. The average Bonchev–Trinajstić information content (AvgIpc) is 2.90. The maximum Gasteiger partial charge on any atom is 0.251 e. The van der Waals surface area contributed by atoms with Gasteiger partial charge >= 0.3 is 0 Å². The molecule has 0 heterocycles. The summed E-state index contributed by atoms with van der Waals surface area (Å²) in [7, 11) is 0. The van der Waals surface area contributed by atoms with Crippen molar-refractivity contribution in [2.75, 3.05) is 6.54 Å². The van der Waals surface area contributed by atoms with Gasteiger partial charge in [-0.3, -0.25) is 4.79 Å². The lowest BCUT2D eigenvalue weighted by molar-refractivity contribution is 0.0954. The summed E-state index contributed by atoms with van der Waals surface area (Å²) in [4.78, 5) is 12.8. The van der Waals surface area contributed by atoms with Crippen LogP contribution in [0.3, 0.4) is 0 Å². The molecule has 4 heteroatoms. The second-order valence-corrected chi connectivity index (χ2v) is 9.58. The van der Waals surface area contributed by atoms with Crippen molar-refractivity contribution in [2.24, 2.45) is 0 Å². The van der Waals surface area contributed by atoms with Gasteiger partial charge in [0, 0.05) is 25.2 Å². The second kappa shape index (κ2) is 12.2. The summed E-state index contributed by atoms with van der Waals surface area (Å²) in [5.41, 5.74) is 10.8. The van der Waals surface area contributed by atoms with Crippen LogP contribution in [-0.2, 0) is 19.5 Å². The van der Waals surface area contributed by atoms with E-state index in [0.717, 1.165) is 29.7 Å². The minimum Gasteiger partial charge on any atom is -0.352 e. The van der Waals surface area contributed by atoms with E-state index in [2.05, 4.69) is 73.9 Å². The molecule has 2 N–H and O–H groups in total. The summed E-state index contributed by atoms with van der Waals surface area (Å²) in [5, 5.41) is 15.6. The van der Waals surface area contributed by atoms with E-state index in [-0.39, 0.29) is 5.91 Å². The summed E-state index contributed by atoms with van der Waals surface area (Å²) in [6.45, 7) is 8.43. The van der Waals surface area contributed by atoms with Gasteiger partial charge in [-0.1, -0.05) is 66.2 Å². The number of carbonyl (C=O) groups is 1. The van der Waals surface area contributed by atoms with Crippen LogP contribution in [0, 0.1) is 32.1 Å². The molecular weight excluding hydrogens is 454 g/mol. The molecule has 1 amide bonds. The Morgan fingerprint density at radius 1 is 0.784 bits per heavy atom. The number of nitrogens with zero attached hydrogens (tertiary/aromatic N) is 1. The topological polar surface area (TPSA) is 64.9 Å². The van der Waals surface area contributed by atoms with Gasteiger partial charge in [-0.05, 0) is 90.4 Å². The van der Waals surface area contributed by atoms with Crippen LogP contribution in [0.5, 0.6) is 0 Å². The molecule has 0 aliphatic carbocycles. The van der Waals surface area contributed by atoms with Gasteiger partial charge in [0.05, 0.1) is 11.6 Å². The number of nitrogens with one attached hydrogen (secondary N) is 2. The smallest absolute Gasteiger partial charge is 0.251 e. The molecule has 4 aromatic carbocycles. The third kappa shape index (κ3) is 6.94. The fourth-order valence-corrected chi connectivity index (χ4v) is 4.76. The van der Waals surface area contributed by atoms with E-state index in [1.807, 2.05) is 48.5 Å². The van der Waals surface area contributed by atoms with Crippen molar-refractivity contribution in [1.29, 1.82) is 5.26 Å². The Bertz CT molecular complexity index is 1410. The lowest BCUT2D eigenvalue weighted by atomic mass is 9.97. The number of hydrogen-bond acceptors (Lipinski definition) is 3. The van der Waals surface area contributed by atoms with Crippen molar-refractivity contribution in [1.82, 2.24) is 10.6 Å². The number of carbonyl (C=O) groups excluding carboxylic acids is 1. The van der Waals surface area contributed by atoms with E-state index in [1.165, 1.54) is 27.8 Å². The first-order chi connectivity index (χ1) is 17.9. The quantitative estimate of drug-likeness (QED) is 0.287. The molecule has 4 rings (SSSR count). The Balaban J connectivity index is 1.32. The molecule has 37 heavy (non-hydrogen) atoms. The molecule has 4 nitrogen and oxygen atoms in total. The van der Waals surface area contributed by atoms with Crippen molar-refractivity contribution in [3.63, 3.8) is 0 Å². The van der Waals surface area contributed by atoms with Gasteiger partial charge in [-0.15, -0.1) is 0 Å². The van der Waals surface area contributed by atoms with Crippen LogP contribution in [0.1, 0.15) is 49.3 Å². The number of hydrogen-bond donors (Lipinski definition) is 2. The van der Waals surface area contributed by atoms with E-state index in [0.29, 0.717) is 24.2 Å². The fraction of sp³-hybridized carbons (Fsp3) is 0.212. The van der Waals surface area contributed by atoms with Gasteiger partial charge in [0.25, 0.3) is 5.91 Å². The Hall–Kier alpha value is -4.20. The molecule has 4 aromatic rings. The molecule has 0 unspecified atom stereocenters. The van der Waals surface area contributed by atoms with Gasteiger partial charge < -0.3 is 10.6 Å². The maximum atomic E-state index is 12.8. The highest BCUT2D eigenvalue weighted by molar-refractivity contribution is 5.95. The summed E-state index contributed by atoms with van der Waals surface area (Å²) >= 11 is 0. The Morgan fingerprint density at radius 3 is 2.22 bits per heavy atom.